The van der Waals surface area contributed by atoms with Crippen molar-refractivity contribution in [3.63, 3.8) is 0 Å². The molecule has 2 aromatic rings. The minimum atomic E-state index is -0.0651. The summed E-state index contributed by atoms with van der Waals surface area (Å²) in [4.78, 5) is 14.7. The van der Waals surface area contributed by atoms with Crippen LogP contribution in [0.4, 0.5) is 5.69 Å². The van der Waals surface area contributed by atoms with Crippen LogP contribution >= 0.6 is 11.6 Å². The van der Waals surface area contributed by atoms with Gasteiger partial charge in [-0.1, -0.05) is 48.0 Å². The summed E-state index contributed by atoms with van der Waals surface area (Å²) in [5.74, 6) is -0.0651. The van der Waals surface area contributed by atoms with Gasteiger partial charge in [0.1, 0.15) is 0 Å². The molecule has 1 unspecified atom stereocenters. The topological polar surface area (TPSA) is 41.6 Å². The molecule has 138 valence electrons. The van der Waals surface area contributed by atoms with E-state index >= 15 is 0 Å². The quantitative estimate of drug-likeness (QED) is 0.789. The summed E-state index contributed by atoms with van der Waals surface area (Å²) >= 11 is 6.23. The number of nitrogens with one attached hydrogen (secondary N) is 1. The fourth-order valence-corrected chi connectivity index (χ4v) is 3.50. The first-order valence-electron chi connectivity index (χ1n) is 9.04. The number of aryl methyl sites for hydroxylation is 1. The van der Waals surface area contributed by atoms with E-state index in [1.165, 1.54) is 5.56 Å². The van der Waals surface area contributed by atoms with Crippen molar-refractivity contribution in [3.05, 3.63) is 64.7 Å². The van der Waals surface area contributed by atoms with Crippen LogP contribution in [-0.4, -0.2) is 36.6 Å². The Morgan fingerprint density at radius 3 is 2.77 bits per heavy atom. The van der Waals surface area contributed by atoms with Crippen molar-refractivity contribution in [2.75, 3.05) is 25.0 Å². The Balaban J connectivity index is 1.64. The number of carbonyl (C=O) groups excluding carboxylic acids is 1. The second-order valence-electron chi connectivity index (χ2n) is 6.82. The van der Waals surface area contributed by atoms with Gasteiger partial charge >= 0.3 is 0 Å². The maximum Gasteiger partial charge on any atom is 0.238 e. The zero-order chi connectivity index (χ0) is 18.4. The van der Waals surface area contributed by atoms with Gasteiger partial charge in [-0.2, -0.15) is 0 Å². The van der Waals surface area contributed by atoms with Gasteiger partial charge in [-0.3, -0.25) is 9.69 Å². The lowest BCUT2D eigenvalue weighted by Crippen LogP contribution is -2.38. The van der Waals surface area contributed by atoms with E-state index in [0.29, 0.717) is 17.3 Å². The van der Waals surface area contributed by atoms with E-state index in [9.17, 15) is 4.79 Å². The van der Waals surface area contributed by atoms with E-state index in [-0.39, 0.29) is 12.0 Å². The number of nitrogens with zero attached hydrogens (tertiary/aromatic N) is 1. The number of ether oxygens (including phenoxy) is 1. The van der Waals surface area contributed by atoms with Gasteiger partial charge in [0.25, 0.3) is 0 Å². The Labute approximate surface area is 160 Å². The third kappa shape index (κ3) is 5.56. The highest BCUT2D eigenvalue weighted by atomic mass is 35.5. The molecule has 26 heavy (non-hydrogen) atoms. The van der Waals surface area contributed by atoms with Gasteiger partial charge < -0.3 is 10.1 Å². The van der Waals surface area contributed by atoms with E-state index in [4.69, 9.17) is 16.3 Å². The molecule has 1 saturated heterocycles. The van der Waals surface area contributed by atoms with E-state index in [1.54, 1.807) is 0 Å². The molecule has 0 saturated carbocycles. The minimum Gasteiger partial charge on any atom is -0.377 e. The maximum atomic E-state index is 12.6. The zero-order valence-corrected chi connectivity index (χ0v) is 15.8. The summed E-state index contributed by atoms with van der Waals surface area (Å²) in [7, 11) is 0. The second kappa shape index (κ2) is 9.17. The Morgan fingerprint density at radius 1 is 1.27 bits per heavy atom. The van der Waals surface area contributed by atoms with Crippen molar-refractivity contribution in [1.82, 2.24) is 4.90 Å². The van der Waals surface area contributed by atoms with Gasteiger partial charge in [0.05, 0.1) is 23.4 Å². The number of hydrogen-bond donors (Lipinski definition) is 1. The molecule has 2 aromatic carbocycles. The van der Waals surface area contributed by atoms with Crippen molar-refractivity contribution in [2.45, 2.75) is 32.4 Å². The van der Waals surface area contributed by atoms with Crippen molar-refractivity contribution in [3.8, 4) is 0 Å². The first kappa shape index (κ1) is 18.9. The van der Waals surface area contributed by atoms with Crippen LogP contribution < -0.4 is 5.32 Å². The molecule has 1 aliphatic heterocycles. The number of rotatable bonds is 7. The first-order valence-corrected chi connectivity index (χ1v) is 9.42. The highest BCUT2D eigenvalue weighted by Gasteiger charge is 2.21. The van der Waals surface area contributed by atoms with Crippen LogP contribution in [0.2, 0.25) is 5.02 Å². The molecule has 1 amide bonds. The molecular weight excluding hydrogens is 348 g/mol. The molecule has 0 bridgehead atoms. The lowest BCUT2D eigenvalue weighted by atomic mass is 10.2. The van der Waals surface area contributed by atoms with E-state index in [2.05, 4.69) is 22.3 Å². The predicted molar refractivity (Wildman–Crippen MR) is 106 cm³/mol. The van der Waals surface area contributed by atoms with Crippen molar-refractivity contribution in [1.29, 1.82) is 0 Å². The summed E-state index contributed by atoms with van der Waals surface area (Å²) in [5.41, 5.74) is 2.91. The number of halogens is 1. The molecule has 3 rings (SSSR count). The van der Waals surface area contributed by atoms with Crippen LogP contribution in [-0.2, 0) is 16.1 Å². The molecule has 0 aliphatic carbocycles. The van der Waals surface area contributed by atoms with Crippen LogP contribution in [0.25, 0.3) is 0 Å². The fraction of sp³-hybridized carbons (Fsp3) is 0.381. The average molecular weight is 373 g/mol. The van der Waals surface area contributed by atoms with Crippen molar-refractivity contribution < 1.29 is 9.53 Å². The van der Waals surface area contributed by atoms with E-state index in [1.807, 2.05) is 43.3 Å². The summed E-state index contributed by atoms with van der Waals surface area (Å²) in [6, 6.07) is 15.8. The Kier molecular flexibility index (Phi) is 6.67. The predicted octanol–water partition coefficient (Wildman–Crippen LogP) is 4.27. The number of anilines is 1. The van der Waals surface area contributed by atoms with Crippen molar-refractivity contribution >= 4 is 23.2 Å². The monoisotopic (exact) mass is 372 g/mol. The normalized spacial score (nSPS) is 16.8. The Bertz CT molecular complexity index is 730. The Morgan fingerprint density at radius 2 is 2.08 bits per heavy atom. The SMILES string of the molecule is Cc1ccc(NC(=O)CN(Cc2ccccc2)CC2CCCO2)c(Cl)c1. The molecular formula is C21H25ClN2O2. The van der Waals surface area contributed by atoms with Gasteiger partial charge in [0.2, 0.25) is 5.91 Å². The Hall–Kier alpha value is -1.88. The molecule has 1 aliphatic rings. The van der Waals surface area contributed by atoms with Crippen molar-refractivity contribution in [2.24, 2.45) is 0 Å². The van der Waals surface area contributed by atoms with Crippen LogP contribution in [0.1, 0.15) is 24.0 Å². The highest BCUT2D eigenvalue weighted by molar-refractivity contribution is 6.33. The van der Waals surface area contributed by atoms with E-state index in [0.717, 1.165) is 38.1 Å². The molecule has 1 heterocycles. The molecule has 1 N–H and O–H groups in total. The summed E-state index contributed by atoms with van der Waals surface area (Å²) in [6.07, 6.45) is 2.35. The summed E-state index contributed by atoms with van der Waals surface area (Å²) < 4.78 is 5.76. The minimum absolute atomic E-state index is 0.0651. The lowest BCUT2D eigenvalue weighted by molar-refractivity contribution is -0.117. The summed E-state index contributed by atoms with van der Waals surface area (Å²) in [6.45, 7) is 4.56. The molecule has 0 radical (unpaired) electrons. The molecule has 1 fully saturated rings. The highest BCUT2D eigenvalue weighted by Crippen LogP contribution is 2.23. The standard InChI is InChI=1S/C21H25ClN2O2/c1-16-9-10-20(19(22)12-16)23-21(25)15-24(14-18-8-5-11-26-18)13-17-6-3-2-4-7-17/h2-4,6-7,9-10,12,18H,5,8,11,13-15H2,1H3,(H,23,25). The van der Waals surface area contributed by atoms with Gasteiger partial charge in [0, 0.05) is 19.7 Å². The first-order chi connectivity index (χ1) is 12.6. The smallest absolute Gasteiger partial charge is 0.238 e. The maximum absolute atomic E-state index is 12.6. The lowest BCUT2D eigenvalue weighted by Gasteiger charge is -2.25. The van der Waals surface area contributed by atoms with Crippen LogP contribution in [0.5, 0.6) is 0 Å². The zero-order valence-electron chi connectivity index (χ0n) is 15.1. The van der Waals surface area contributed by atoms with Gasteiger partial charge in [-0.25, -0.2) is 0 Å². The summed E-state index contributed by atoms with van der Waals surface area (Å²) in [5, 5.41) is 3.49. The van der Waals surface area contributed by atoms with Crippen LogP contribution in [0.3, 0.4) is 0 Å². The number of hydrogen-bond acceptors (Lipinski definition) is 3. The largest absolute Gasteiger partial charge is 0.377 e. The third-order valence-corrected chi connectivity index (χ3v) is 4.81. The molecule has 4 nitrogen and oxygen atoms in total. The average Bonchev–Trinajstić information content (AvgIpc) is 3.11. The van der Waals surface area contributed by atoms with Gasteiger partial charge in [-0.15, -0.1) is 0 Å². The number of carbonyl (C=O) groups is 1. The fourth-order valence-electron chi connectivity index (χ4n) is 3.22. The van der Waals surface area contributed by atoms with Gasteiger partial charge in [0.15, 0.2) is 0 Å². The second-order valence-corrected chi connectivity index (χ2v) is 7.23. The number of benzene rings is 2. The van der Waals surface area contributed by atoms with E-state index < -0.39 is 0 Å². The molecule has 0 aromatic heterocycles. The van der Waals surface area contributed by atoms with Crippen LogP contribution in [0, 0.1) is 6.92 Å². The molecule has 0 spiro atoms. The molecule has 5 heteroatoms. The van der Waals surface area contributed by atoms with Crippen LogP contribution in [0.15, 0.2) is 48.5 Å². The molecule has 1 atom stereocenters. The number of amides is 1. The third-order valence-electron chi connectivity index (χ3n) is 4.50. The van der Waals surface area contributed by atoms with Gasteiger partial charge in [-0.05, 0) is 43.0 Å².